The van der Waals surface area contributed by atoms with Crippen molar-refractivity contribution in [3.8, 4) is 0 Å². The number of aromatic nitrogens is 1. The van der Waals surface area contributed by atoms with Gasteiger partial charge in [0.1, 0.15) is 0 Å². The van der Waals surface area contributed by atoms with E-state index in [1.165, 1.54) is 37.1 Å². The molecular weight excluding hydrogens is 240 g/mol. The smallest absolute Gasteiger partial charge is 0.0361 e. The second-order valence-corrected chi connectivity index (χ2v) is 6.74. The molecule has 18 heavy (non-hydrogen) atoms. The summed E-state index contributed by atoms with van der Waals surface area (Å²) in [7, 11) is 0. The standard InChI is InChI=1S/C15H26N2S/c1-3-9-17-10-5-6-14(17)12-16-13-7-8-15(11-13)18-4-2/h5-6,10,13,15-16H,3-4,7-9,11-12H2,1-2H3. The molecule has 0 aliphatic heterocycles. The molecule has 2 nitrogen and oxygen atoms in total. The van der Waals surface area contributed by atoms with Crippen LogP contribution >= 0.6 is 11.8 Å². The molecular formula is C15H26N2S. The Hall–Kier alpha value is -0.410. The molecule has 1 aromatic heterocycles. The first-order valence-electron chi connectivity index (χ1n) is 7.32. The molecule has 0 radical (unpaired) electrons. The summed E-state index contributed by atoms with van der Waals surface area (Å²) in [4.78, 5) is 0. The van der Waals surface area contributed by atoms with Crippen LogP contribution in [-0.4, -0.2) is 21.6 Å². The second kappa shape index (κ2) is 7.25. The summed E-state index contributed by atoms with van der Waals surface area (Å²) in [6, 6.07) is 5.14. The molecule has 1 heterocycles. The minimum Gasteiger partial charge on any atom is -0.350 e. The Kier molecular flexibility index (Phi) is 5.64. The number of rotatable bonds is 7. The van der Waals surface area contributed by atoms with Crippen molar-refractivity contribution in [3.63, 3.8) is 0 Å². The van der Waals surface area contributed by atoms with Gasteiger partial charge in [-0.3, -0.25) is 0 Å². The molecule has 1 saturated carbocycles. The number of hydrogen-bond acceptors (Lipinski definition) is 2. The van der Waals surface area contributed by atoms with Gasteiger partial charge >= 0.3 is 0 Å². The first kappa shape index (κ1) is 14.0. The lowest BCUT2D eigenvalue weighted by molar-refractivity contribution is 0.505. The Balaban J connectivity index is 1.76. The van der Waals surface area contributed by atoms with Crippen LogP contribution in [0.15, 0.2) is 18.3 Å². The van der Waals surface area contributed by atoms with E-state index in [2.05, 4.69) is 53.8 Å². The molecule has 102 valence electrons. The molecule has 3 heteroatoms. The van der Waals surface area contributed by atoms with Gasteiger partial charge in [-0.25, -0.2) is 0 Å². The molecule has 1 aromatic rings. The van der Waals surface area contributed by atoms with Gasteiger partial charge in [0.15, 0.2) is 0 Å². The van der Waals surface area contributed by atoms with E-state index in [1.807, 2.05) is 0 Å². The second-order valence-electron chi connectivity index (χ2n) is 5.16. The summed E-state index contributed by atoms with van der Waals surface area (Å²) < 4.78 is 2.38. The van der Waals surface area contributed by atoms with Gasteiger partial charge in [-0.2, -0.15) is 11.8 Å². The molecule has 0 bridgehead atoms. The van der Waals surface area contributed by atoms with E-state index in [0.29, 0.717) is 0 Å². The highest BCUT2D eigenvalue weighted by molar-refractivity contribution is 7.99. The predicted molar refractivity (Wildman–Crippen MR) is 81.1 cm³/mol. The Morgan fingerprint density at radius 3 is 3.06 bits per heavy atom. The van der Waals surface area contributed by atoms with Gasteiger partial charge in [0.05, 0.1) is 0 Å². The van der Waals surface area contributed by atoms with Gasteiger partial charge in [-0.15, -0.1) is 0 Å². The summed E-state index contributed by atoms with van der Waals surface area (Å²) in [6.07, 6.45) is 7.51. The average Bonchev–Trinajstić information content (AvgIpc) is 2.97. The number of hydrogen-bond donors (Lipinski definition) is 1. The first-order valence-corrected chi connectivity index (χ1v) is 8.37. The van der Waals surface area contributed by atoms with Gasteiger partial charge in [0.25, 0.3) is 0 Å². The quantitative estimate of drug-likeness (QED) is 0.811. The Morgan fingerprint density at radius 2 is 2.28 bits per heavy atom. The van der Waals surface area contributed by atoms with Crippen molar-refractivity contribution in [3.05, 3.63) is 24.0 Å². The summed E-state index contributed by atoms with van der Waals surface area (Å²) in [6.45, 7) is 6.67. The third-order valence-corrected chi connectivity index (χ3v) is 4.98. The maximum Gasteiger partial charge on any atom is 0.0361 e. The van der Waals surface area contributed by atoms with Crippen LogP contribution in [0.3, 0.4) is 0 Å². The van der Waals surface area contributed by atoms with Crippen molar-refractivity contribution >= 4 is 11.8 Å². The van der Waals surface area contributed by atoms with Crippen molar-refractivity contribution in [2.75, 3.05) is 5.75 Å². The maximum absolute atomic E-state index is 3.74. The zero-order valence-electron chi connectivity index (χ0n) is 11.7. The molecule has 0 aromatic carbocycles. The van der Waals surface area contributed by atoms with Crippen molar-refractivity contribution in [1.29, 1.82) is 0 Å². The van der Waals surface area contributed by atoms with Crippen LogP contribution in [0.25, 0.3) is 0 Å². The molecule has 1 aliphatic rings. The Labute approximate surface area is 116 Å². The van der Waals surface area contributed by atoms with E-state index < -0.39 is 0 Å². The average molecular weight is 266 g/mol. The third-order valence-electron chi connectivity index (χ3n) is 3.75. The van der Waals surface area contributed by atoms with Gasteiger partial charge in [-0.05, 0) is 43.6 Å². The van der Waals surface area contributed by atoms with Gasteiger partial charge < -0.3 is 9.88 Å². The van der Waals surface area contributed by atoms with Crippen molar-refractivity contribution in [2.24, 2.45) is 0 Å². The molecule has 1 N–H and O–H groups in total. The van der Waals surface area contributed by atoms with E-state index in [1.54, 1.807) is 0 Å². The number of nitrogens with zero attached hydrogens (tertiary/aromatic N) is 1. The van der Waals surface area contributed by atoms with Gasteiger partial charge in [0, 0.05) is 36.3 Å². The summed E-state index contributed by atoms with van der Waals surface area (Å²) in [5, 5.41) is 4.64. The van der Waals surface area contributed by atoms with E-state index in [-0.39, 0.29) is 0 Å². The molecule has 2 rings (SSSR count). The van der Waals surface area contributed by atoms with E-state index in [4.69, 9.17) is 0 Å². The van der Waals surface area contributed by atoms with E-state index >= 15 is 0 Å². The first-order chi connectivity index (χ1) is 8.83. The molecule has 0 spiro atoms. The Morgan fingerprint density at radius 1 is 1.39 bits per heavy atom. The Bertz CT molecular complexity index is 348. The zero-order chi connectivity index (χ0) is 12.8. The molecule has 1 aliphatic carbocycles. The minimum absolute atomic E-state index is 0.735. The van der Waals surface area contributed by atoms with Crippen LogP contribution in [-0.2, 0) is 13.1 Å². The van der Waals surface area contributed by atoms with Crippen LogP contribution in [0.1, 0.15) is 45.2 Å². The molecule has 0 saturated heterocycles. The predicted octanol–water partition coefficient (Wildman–Crippen LogP) is 3.66. The summed E-state index contributed by atoms with van der Waals surface area (Å²) >= 11 is 2.13. The lowest BCUT2D eigenvalue weighted by Gasteiger charge is -2.14. The normalized spacial score (nSPS) is 23.7. The summed E-state index contributed by atoms with van der Waals surface area (Å²) in [5.41, 5.74) is 1.43. The van der Waals surface area contributed by atoms with Crippen LogP contribution < -0.4 is 5.32 Å². The van der Waals surface area contributed by atoms with E-state index in [9.17, 15) is 0 Å². The number of thioether (sulfide) groups is 1. The third kappa shape index (κ3) is 3.79. The van der Waals surface area contributed by atoms with Crippen LogP contribution in [0, 0.1) is 0 Å². The zero-order valence-corrected chi connectivity index (χ0v) is 12.5. The molecule has 2 unspecified atom stereocenters. The van der Waals surface area contributed by atoms with Crippen LogP contribution in [0.5, 0.6) is 0 Å². The maximum atomic E-state index is 3.74. The molecule has 1 fully saturated rings. The highest BCUT2D eigenvalue weighted by atomic mass is 32.2. The fourth-order valence-corrected chi connectivity index (χ4v) is 3.97. The van der Waals surface area contributed by atoms with Crippen LogP contribution in [0.2, 0.25) is 0 Å². The molecule has 0 amide bonds. The lowest BCUT2D eigenvalue weighted by Crippen LogP contribution is -2.27. The topological polar surface area (TPSA) is 17.0 Å². The number of nitrogens with one attached hydrogen (secondary N) is 1. The van der Waals surface area contributed by atoms with Crippen LogP contribution in [0.4, 0.5) is 0 Å². The number of aryl methyl sites for hydroxylation is 1. The highest BCUT2D eigenvalue weighted by Gasteiger charge is 2.23. The van der Waals surface area contributed by atoms with Gasteiger partial charge in [-0.1, -0.05) is 13.8 Å². The fourth-order valence-electron chi connectivity index (χ4n) is 2.83. The lowest BCUT2D eigenvalue weighted by atomic mass is 10.2. The highest BCUT2D eigenvalue weighted by Crippen LogP contribution is 2.29. The monoisotopic (exact) mass is 266 g/mol. The van der Waals surface area contributed by atoms with Crippen molar-refractivity contribution in [1.82, 2.24) is 9.88 Å². The molecule has 2 atom stereocenters. The van der Waals surface area contributed by atoms with E-state index in [0.717, 1.165) is 24.4 Å². The largest absolute Gasteiger partial charge is 0.350 e. The minimum atomic E-state index is 0.735. The van der Waals surface area contributed by atoms with Crippen molar-refractivity contribution in [2.45, 2.75) is 63.9 Å². The fraction of sp³-hybridized carbons (Fsp3) is 0.733. The van der Waals surface area contributed by atoms with Gasteiger partial charge in [0.2, 0.25) is 0 Å². The summed E-state index contributed by atoms with van der Waals surface area (Å²) in [5.74, 6) is 1.26. The SMILES string of the molecule is CCCn1cccc1CNC1CCC(SCC)C1. The van der Waals surface area contributed by atoms with Crippen molar-refractivity contribution < 1.29 is 0 Å².